The van der Waals surface area contributed by atoms with Crippen LogP contribution in [0.3, 0.4) is 0 Å². The van der Waals surface area contributed by atoms with Gasteiger partial charge < -0.3 is 5.11 Å². The van der Waals surface area contributed by atoms with Crippen LogP contribution in [0.4, 0.5) is 0 Å². The largest absolute Gasteiger partial charge is 0.516 e. The first-order valence-corrected chi connectivity index (χ1v) is 3.62. The lowest BCUT2D eigenvalue weighted by Gasteiger charge is -2.01. The SMILES string of the molecule is CCCCC(C)C=CO. The Hall–Kier alpha value is -0.460. The van der Waals surface area contributed by atoms with E-state index in [2.05, 4.69) is 13.8 Å². The van der Waals surface area contributed by atoms with Crippen LogP contribution in [0.1, 0.15) is 33.1 Å². The molecule has 0 bridgehead atoms. The molecule has 1 atom stereocenters. The molecule has 1 unspecified atom stereocenters. The van der Waals surface area contributed by atoms with Gasteiger partial charge in [-0.2, -0.15) is 0 Å². The molecule has 0 saturated heterocycles. The van der Waals surface area contributed by atoms with Crippen molar-refractivity contribution < 1.29 is 5.11 Å². The number of aliphatic hydroxyl groups is 1. The molecule has 0 amide bonds. The van der Waals surface area contributed by atoms with Crippen molar-refractivity contribution in [3.05, 3.63) is 12.3 Å². The number of allylic oxidation sites excluding steroid dienone is 1. The van der Waals surface area contributed by atoms with Crippen molar-refractivity contribution in [2.75, 3.05) is 0 Å². The second-order valence-corrected chi connectivity index (χ2v) is 2.46. The molecule has 9 heavy (non-hydrogen) atoms. The Morgan fingerprint density at radius 3 is 2.67 bits per heavy atom. The number of rotatable bonds is 4. The van der Waals surface area contributed by atoms with Gasteiger partial charge in [-0.05, 0) is 18.4 Å². The van der Waals surface area contributed by atoms with Gasteiger partial charge in [-0.1, -0.05) is 26.7 Å². The van der Waals surface area contributed by atoms with Crippen molar-refractivity contribution >= 4 is 0 Å². The van der Waals surface area contributed by atoms with Crippen LogP contribution in [0.15, 0.2) is 12.3 Å². The summed E-state index contributed by atoms with van der Waals surface area (Å²) in [5.41, 5.74) is 0. The summed E-state index contributed by atoms with van der Waals surface area (Å²) in [5, 5.41) is 8.36. The number of aliphatic hydroxyl groups excluding tert-OH is 1. The second-order valence-electron chi connectivity index (χ2n) is 2.46. The van der Waals surface area contributed by atoms with E-state index in [0.29, 0.717) is 5.92 Å². The Kier molecular flexibility index (Phi) is 5.38. The maximum atomic E-state index is 8.36. The van der Waals surface area contributed by atoms with Gasteiger partial charge in [0.15, 0.2) is 0 Å². The number of unbranched alkanes of at least 4 members (excludes halogenated alkanes) is 1. The predicted octanol–water partition coefficient (Wildman–Crippen LogP) is 2.88. The minimum Gasteiger partial charge on any atom is -0.516 e. The van der Waals surface area contributed by atoms with Crippen molar-refractivity contribution in [1.82, 2.24) is 0 Å². The van der Waals surface area contributed by atoms with Crippen LogP contribution in [-0.4, -0.2) is 5.11 Å². The Balaban J connectivity index is 3.15. The second kappa shape index (κ2) is 5.67. The summed E-state index contributed by atoms with van der Waals surface area (Å²) in [6.45, 7) is 4.29. The third-order valence-electron chi connectivity index (χ3n) is 1.43. The molecule has 0 aliphatic carbocycles. The third-order valence-corrected chi connectivity index (χ3v) is 1.43. The van der Waals surface area contributed by atoms with E-state index in [1.54, 1.807) is 0 Å². The summed E-state index contributed by atoms with van der Waals surface area (Å²) >= 11 is 0. The normalized spacial score (nSPS) is 14.4. The summed E-state index contributed by atoms with van der Waals surface area (Å²) in [4.78, 5) is 0. The Morgan fingerprint density at radius 2 is 2.22 bits per heavy atom. The van der Waals surface area contributed by atoms with Crippen molar-refractivity contribution in [3.8, 4) is 0 Å². The molecule has 54 valence electrons. The van der Waals surface area contributed by atoms with E-state index < -0.39 is 0 Å². The van der Waals surface area contributed by atoms with Gasteiger partial charge in [0.05, 0.1) is 6.26 Å². The van der Waals surface area contributed by atoms with Crippen molar-refractivity contribution in [3.63, 3.8) is 0 Å². The van der Waals surface area contributed by atoms with E-state index in [4.69, 9.17) is 5.11 Å². The Bertz CT molecular complexity index is 76.6. The van der Waals surface area contributed by atoms with Crippen molar-refractivity contribution in [2.24, 2.45) is 5.92 Å². The maximum Gasteiger partial charge on any atom is 0.0754 e. The van der Waals surface area contributed by atoms with Gasteiger partial charge in [-0.3, -0.25) is 0 Å². The monoisotopic (exact) mass is 128 g/mol. The topological polar surface area (TPSA) is 20.2 Å². The lowest BCUT2D eigenvalue weighted by molar-refractivity contribution is 0.461. The molecule has 1 N–H and O–H groups in total. The minimum atomic E-state index is 0.537. The van der Waals surface area contributed by atoms with E-state index in [9.17, 15) is 0 Å². The van der Waals surface area contributed by atoms with Crippen LogP contribution in [0.5, 0.6) is 0 Å². The summed E-state index contributed by atoms with van der Waals surface area (Å²) in [6.07, 6.45) is 6.65. The molecule has 0 aliphatic heterocycles. The summed E-state index contributed by atoms with van der Waals surface area (Å²) < 4.78 is 0. The van der Waals surface area contributed by atoms with E-state index in [1.165, 1.54) is 19.3 Å². The highest BCUT2D eigenvalue weighted by Gasteiger charge is 1.93. The third kappa shape index (κ3) is 5.41. The quantitative estimate of drug-likeness (QED) is 0.577. The first-order chi connectivity index (χ1) is 4.31. The highest BCUT2D eigenvalue weighted by molar-refractivity contribution is 4.78. The molecule has 1 heteroatoms. The van der Waals surface area contributed by atoms with Crippen LogP contribution >= 0.6 is 0 Å². The van der Waals surface area contributed by atoms with Crippen molar-refractivity contribution in [2.45, 2.75) is 33.1 Å². The summed E-state index contributed by atoms with van der Waals surface area (Å²) in [6, 6.07) is 0. The van der Waals surface area contributed by atoms with Gasteiger partial charge >= 0.3 is 0 Å². The Morgan fingerprint density at radius 1 is 1.56 bits per heavy atom. The molecular formula is C8H16O. The minimum absolute atomic E-state index is 0.537. The smallest absolute Gasteiger partial charge is 0.0754 e. The van der Waals surface area contributed by atoms with Crippen LogP contribution in [0.25, 0.3) is 0 Å². The molecule has 0 heterocycles. The van der Waals surface area contributed by atoms with Crippen LogP contribution in [0, 0.1) is 5.92 Å². The molecule has 0 aromatic rings. The highest BCUT2D eigenvalue weighted by Crippen LogP contribution is 2.07. The molecule has 0 rings (SSSR count). The first-order valence-electron chi connectivity index (χ1n) is 3.62. The zero-order chi connectivity index (χ0) is 7.11. The molecule has 0 fully saturated rings. The zero-order valence-corrected chi connectivity index (χ0v) is 6.30. The average molecular weight is 128 g/mol. The van der Waals surface area contributed by atoms with Crippen molar-refractivity contribution in [1.29, 1.82) is 0 Å². The standard InChI is InChI=1S/C8H16O/c1-3-4-5-8(2)6-7-9/h6-9H,3-5H2,1-2H3. The molecular weight excluding hydrogens is 112 g/mol. The molecule has 0 aromatic heterocycles. The average Bonchev–Trinajstić information content (AvgIpc) is 1.85. The van der Waals surface area contributed by atoms with Crippen LogP contribution in [-0.2, 0) is 0 Å². The number of hydrogen-bond acceptors (Lipinski definition) is 1. The van der Waals surface area contributed by atoms with Gasteiger partial charge in [0.1, 0.15) is 0 Å². The lowest BCUT2D eigenvalue weighted by Crippen LogP contribution is -1.87. The van der Waals surface area contributed by atoms with Gasteiger partial charge in [0.25, 0.3) is 0 Å². The van der Waals surface area contributed by atoms with E-state index in [0.717, 1.165) is 6.26 Å². The van der Waals surface area contributed by atoms with E-state index >= 15 is 0 Å². The fourth-order valence-corrected chi connectivity index (χ4v) is 0.769. The fraction of sp³-hybridized carbons (Fsp3) is 0.750. The van der Waals surface area contributed by atoms with E-state index in [-0.39, 0.29) is 0 Å². The van der Waals surface area contributed by atoms with Gasteiger partial charge in [-0.15, -0.1) is 0 Å². The van der Waals surface area contributed by atoms with Gasteiger partial charge in [0.2, 0.25) is 0 Å². The maximum absolute atomic E-state index is 8.36. The molecule has 1 nitrogen and oxygen atoms in total. The van der Waals surface area contributed by atoms with Gasteiger partial charge in [-0.25, -0.2) is 0 Å². The zero-order valence-electron chi connectivity index (χ0n) is 6.30. The summed E-state index contributed by atoms with van der Waals surface area (Å²) in [7, 11) is 0. The van der Waals surface area contributed by atoms with Crippen LogP contribution in [0.2, 0.25) is 0 Å². The molecule has 0 radical (unpaired) electrons. The molecule has 0 aromatic carbocycles. The molecule has 0 spiro atoms. The molecule has 0 aliphatic rings. The fourth-order valence-electron chi connectivity index (χ4n) is 0.769. The van der Waals surface area contributed by atoms with E-state index in [1.807, 2.05) is 6.08 Å². The Labute approximate surface area is 57.4 Å². The summed E-state index contributed by atoms with van der Waals surface area (Å²) in [5.74, 6) is 0.537. The first kappa shape index (κ1) is 8.54. The van der Waals surface area contributed by atoms with Crippen LogP contribution < -0.4 is 0 Å². The number of hydrogen-bond donors (Lipinski definition) is 1. The lowest BCUT2D eigenvalue weighted by atomic mass is 10.1. The highest BCUT2D eigenvalue weighted by atomic mass is 16.2. The predicted molar refractivity (Wildman–Crippen MR) is 40.5 cm³/mol. The van der Waals surface area contributed by atoms with Gasteiger partial charge in [0, 0.05) is 0 Å². The molecule has 0 saturated carbocycles.